The number of hydrogen-bond acceptors (Lipinski definition) is 3. The number of ether oxygens (including phenoxy) is 1. The molecule has 1 saturated carbocycles. The van der Waals surface area contributed by atoms with Crippen molar-refractivity contribution in [3.8, 4) is 0 Å². The smallest absolute Gasteiger partial charge is 0.318 e. The van der Waals surface area contributed by atoms with Crippen LogP contribution >= 0.6 is 0 Å². The molecule has 2 heterocycles. The van der Waals surface area contributed by atoms with Crippen molar-refractivity contribution >= 4 is 16.9 Å². The van der Waals surface area contributed by atoms with Crippen LogP contribution in [0.5, 0.6) is 0 Å². The molecule has 0 radical (unpaired) electrons. The van der Waals surface area contributed by atoms with Crippen LogP contribution in [-0.2, 0) is 11.3 Å². The van der Waals surface area contributed by atoms with Crippen LogP contribution in [0.1, 0.15) is 56.1 Å². The van der Waals surface area contributed by atoms with Crippen molar-refractivity contribution in [2.45, 2.75) is 70.6 Å². The molecule has 1 aromatic heterocycles. The summed E-state index contributed by atoms with van der Waals surface area (Å²) in [7, 11) is 0. The minimum atomic E-state index is -0.130. The van der Waals surface area contributed by atoms with Crippen LogP contribution in [0, 0.1) is 6.92 Å². The molecule has 2 amide bonds. The molecule has 156 valence electrons. The van der Waals surface area contributed by atoms with Crippen LogP contribution < -0.4 is 10.9 Å². The average Bonchev–Trinajstić information content (AvgIpc) is 3.23. The summed E-state index contributed by atoms with van der Waals surface area (Å²) in [5, 5.41) is 4.19. The van der Waals surface area contributed by atoms with Gasteiger partial charge in [-0.1, -0.05) is 37.5 Å². The Morgan fingerprint density at radius 2 is 2.03 bits per heavy atom. The number of pyridine rings is 1. The molecular formula is C23H31N3O3. The number of nitrogens with one attached hydrogen (secondary N) is 2. The summed E-state index contributed by atoms with van der Waals surface area (Å²) < 4.78 is 5.77. The summed E-state index contributed by atoms with van der Waals surface area (Å²) >= 11 is 0. The van der Waals surface area contributed by atoms with Gasteiger partial charge in [-0.05, 0) is 49.6 Å². The number of aromatic nitrogens is 1. The Balaban J connectivity index is 1.55. The molecule has 2 fully saturated rings. The number of aryl methyl sites for hydroxylation is 1. The Bertz CT molecular complexity index is 911. The predicted molar refractivity (Wildman–Crippen MR) is 114 cm³/mol. The van der Waals surface area contributed by atoms with E-state index in [4.69, 9.17) is 4.74 Å². The molecule has 0 spiro atoms. The Hall–Kier alpha value is -2.34. The Kier molecular flexibility index (Phi) is 6.19. The van der Waals surface area contributed by atoms with Gasteiger partial charge < -0.3 is 19.9 Å². The first-order chi connectivity index (χ1) is 14.1. The largest absolute Gasteiger partial charge is 0.376 e. The topological polar surface area (TPSA) is 74.4 Å². The minimum absolute atomic E-state index is 0.0499. The summed E-state index contributed by atoms with van der Waals surface area (Å²) in [5.74, 6) is 0. The summed E-state index contributed by atoms with van der Waals surface area (Å²) in [6.45, 7) is 3.54. The van der Waals surface area contributed by atoms with Gasteiger partial charge in [0.25, 0.3) is 5.56 Å². The highest BCUT2D eigenvalue weighted by Gasteiger charge is 2.25. The van der Waals surface area contributed by atoms with Gasteiger partial charge in [0.1, 0.15) is 0 Å². The van der Waals surface area contributed by atoms with Crippen molar-refractivity contribution < 1.29 is 9.53 Å². The first kappa shape index (κ1) is 20.0. The summed E-state index contributed by atoms with van der Waals surface area (Å²) in [6.07, 6.45) is 7.69. The second kappa shape index (κ2) is 8.99. The fraction of sp³-hybridized carbons (Fsp3) is 0.565. The molecule has 2 N–H and O–H groups in total. The van der Waals surface area contributed by atoms with Gasteiger partial charge in [0, 0.05) is 24.8 Å². The summed E-state index contributed by atoms with van der Waals surface area (Å²) in [6, 6.07) is 8.03. The lowest BCUT2D eigenvalue weighted by Crippen LogP contribution is -2.48. The van der Waals surface area contributed by atoms with E-state index >= 15 is 0 Å². The number of carbonyl (C=O) groups excluding carboxylic acids is 1. The molecule has 6 heteroatoms. The number of urea groups is 1. The van der Waals surface area contributed by atoms with Gasteiger partial charge >= 0.3 is 6.03 Å². The predicted octanol–water partition coefficient (Wildman–Crippen LogP) is 3.86. The number of amides is 2. The SMILES string of the molecule is Cc1cccc2cc(CN(C[C@H]3CCCO3)C(=O)NC3CCCCC3)c(=O)[nH]c12. The fourth-order valence-electron chi connectivity index (χ4n) is 4.52. The van der Waals surface area contributed by atoms with Crippen LogP contribution in [0.25, 0.3) is 10.9 Å². The normalized spacial score (nSPS) is 20.1. The molecule has 2 aromatic rings. The number of carbonyl (C=O) groups is 1. The Morgan fingerprint density at radius 3 is 2.79 bits per heavy atom. The Morgan fingerprint density at radius 1 is 1.21 bits per heavy atom. The molecule has 29 heavy (non-hydrogen) atoms. The zero-order valence-electron chi connectivity index (χ0n) is 17.2. The lowest BCUT2D eigenvalue weighted by Gasteiger charge is -2.29. The Labute approximate surface area is 171 Å². The number of H-pyrrole nitrogens is 1. The van der Waals surface area contributed by atoms with Gasteiger partial charge in [-0.25, -0.2) is 4.79 Å². The molecule has 1 aromatic carbocycles. The van der Waals surface area contributed by atoms with Gasteiger partial charge in [0.15, 0.2) is 0 Å². The number of rotatable bonds is 5. The number of fused-ring (bicyclic) bond motifs is 1. The van der Waals surface area contributed by atoms with E-state index in [1.165, 1.54) is 19.3 Å². The highest BCUT2D eigenvalue weighted by molar-refractivity contribution is 5.82. The van der Waals surface area contributed by atoms with E-state index in [0.717, 1.165) is 48.8 Å². The van der Waals surface area contributed by atoms with Crippen molar-refractivity contribution in [2.24, 2.45) is 0 Å². The molecule has 0 bridgehead atoms. The fourth-order valence-corrected chi connectivity index (χ4v) is 4.52. The lowest BCUT2D eigenvalue weighted by atomic mass is 9.96. The van der Waals surface area contributed by atoms with E-state index < -0.39 is 0 Å². The molecule has 1 atom stereocenters. The van der Waals surface area contributed by atoms with E-state index in [-0.39, 0.29) is 30.3 Å². The first-order valence-electron chi connectivity index (χ1n) is 10.9. The van der Waals surface area contributed by atoms with Gasteiger partial charge in [-0.15, -0.1) is 0 Å². The third-order valence-corrected chi connectivity index (χ3v) is 6.19. The number of benzene rings is 1. The molecule has 1 aliphatic carbocycles. The van der Waals surface area contributed by atoms with Crippen molar-refractivity contribution in [1.82, 2.24) is 15.2 Å². The van der Waals surface area contributed by atoms with Crippen molar-refractivity contribution in [1.29, 1.82) is 0 Å². The van der Waals surface area contributed by atoms with Crippen molar-refractivity contribution in [2.75, 3.05) is 13.2 Å². The third-order valence-electron chi connectivity index (χ3n) is 6.19. The van der Waals surface area contributed by atoms with E-state index in [0.29, 0.717) is 12.1 Å². The third kappa shape index (κ3) is 4.81. The van der Waals surface area contributed by atoms with Gasteiger partial charge in [-0.2, -0.15) is 0 Å². The quantitative estimate of drug-likeness (QED) is 0.804. The molecule has 1 saturated heterocycles. The van der Waals surface area contributed by atoms with Crippen LogP contribution in [-0.4, -0.2) is 41.2 Å². The van der Waals surface area contributed by atoms with Crippen LogP contribution in [0.2, 0.25) is 0 Å². The van der Waals surface area contributed by atoms with E-state index in [1.54, 1.807) is 4.90 Å². The van der Waals surface area contributed by atoms with Crippen LogP contribution in [0.4, 0.5) is 4.79 Å². The highest BCUT2D eigenvalue weighted by atomic mass is 16.5. The van der Waals surface area contributed by atoms with Gasteiger partial charge in [-0.3, -0.25) is 4.79 Å². The summed E-state index contributed by atoms with van der Waals surface area (Å²) in [5.41, 5.74) is 2.38. The maximum Gasteiger partial charge on any atom is 0.318 e. The maximum absolute atomic E-state index is 13.1. The first-order valence-corrected chi connectivity index (χ1v) is 10.9. The second-order valence-electron chi connectivity index (χ2n) is 8.46. The maximum atomic E-state index is 13.1. The molecular weight excluding hydrogens is 366 g/mol. The van der Waals surface area contributed by atoms with E-state index in [1.807, 2.05) is 31.2 Å². The number of aromatic amines is 1. The number of para-hydroxylation sites is 1. The molecule has 4 rings (SSSR count). The van der Waals surface area contributed by atoms with E-state index in [9.17, 15) is 9.59 Å². The van der Waals surface area contributed by atoms with Gasteiger partial charge in [0.2, 0.25) is 0 Å². The minimum Gasteiger partial charge on any atom is -0.376 e. The number of hydrogen-bond donors (Lipinski definition) is 2. The molecule has 2 aliphatic rings. The van der Waals surface area contributed by atoms with Crippen molar-refractivity contribution in [3.63, 3.8) is 0 Å². The molecule has 6 nitrogen and oxygen atoms in total. The van der Waals surface area contributed by atoms with Gasteiger partial charge in [0.05, 0.1) is 18.2 Å². The monoisotopic (exact) mass is 397 g/mol. The highest BCUT2D eigenvalue weighted by Crippen LogP contribution is 2.20. The average molecular weight is 398 g/mol. The number of nitrogens with zero attached hydrogens (tertiary/aromatic N) is 1. The van der Waals surface area contributed by atoms with E-state index in [2.05, 4.69) is 10.3 Å². The standard InChI is InChI=1S/C23H31N3O3/c1-16-7-5-8-17-13-18(22(27)25-21(16)17)14-26(15-20-11-6-12-29-20)23(28)24-19-9-3-2-4-10-19/h5,7-8,13,19-20H,2-4,6,9-12,14-15H2,1H3,(H,24,28)(H,25,27)/t20-/m1/s1. The van der Waals surface area contributed by atoms with Crippen molar-refractivity contribution in [3.05, 3.63) is 45.7 Å². The van der Waals surface area contributed by atoms with Crippen LogP contribution in [0.3, 0.4) is 0 Å². The summed E-state index contributed by atoms with van der Waals surface area (Å²) in [4.78, 5) is 30.6. The second-order valence-corrected chi connectivity index (χ2v) is 8.46. The zero-order valence-corrected chi connectivity index (χ0v) is 17.2. The lowest BCUT2D eigenvalue weighted by molar-refractivity contribution is 0.0784. The molecule has 0 unspecified atom stereocenters. The molecule has 1 aliphatic heterocycles. The zero-order chi connectivity index (χ0) is 20.2. The van der Waals surface area contributed by atoms with Crippen LogP contribution in [0.15, 0.2) is 29.1 Å².